The van der Waals surface area contributed by atoms with E-state index in [4.69, 9.17) is 11.6 Å². The predicted octanol–water partition coefficient (Wildman–Crippen LogP) is 5.68. The SMILES string of the molecule is CC(C)Cn1c(=O)n(C)c(=O)c2c(Sc3cccs3)c(Cn3c(Cl)nc4ccccc43)sc21. The monoisotopic (exact) mass is 516 g/mol. The quantitative estimate of drug-likeness (QED) is 0.291. The van der Waals surface area contributed by atoms with Gasteiger partial charge in [-0.1, -0.05) is 43.8 Å². The molecule has 4 aromatic heterocycles. The zero-order chi connectivity index (χ0) is 23.3. The van der Waals surface area contributed by atoms with Gasteiger partial charge in [-0.3, -0.25) is 13.9 Å². The van der Waals surface area contributed by atoms with E-state index >= 15 is 0 Å². The summed E-state index contributed by atoms with van der Waals surface area (Å²) in [5, 5.41) is 3.01. The molecular weight excluding hydrogens is 496 g/mol. The summed E-state index contributed by atoms with van der Waals surface area (Å²) in [7, 11) is 1.55. The molecule has 0 bridgehead atoms. The average molecular weight is 517 g/mol. The van der Waals surface area contributed by atoms with Crippen LogP contribution in [0.3, 0.4) is 0 Å². The van der Waals surface area contributed by atoms with Crippen LogP contribution in [0.15, 0.2) is 60.5 Å². The first kappa shape index (κ1) is 22.5. The summed E-state index contributed by atoms with van der Waals surface area (Å²) in [5.74, 6) is 0.259. The Kier molecular flexibility index (Phi) is 5.98. The van der Waals surface area contributed by atoms with Gasteiger partial charge in [-0.25, -0.2) is 9.78 Å². The van der Waals surface area contributed by atoms with Crippen molar-refractivity contribution in [3.8, 4) is 0 Å². The van der Waals surface area contributed by atoms with Crippen LogP contribution in [0, 0.1) is 5.92 Å². The number of para-hydroxylation sites is 2. The van der Waals surface area contributed by atoms with Gasteiger partial charge in [0, 0.05) is 23.4 Å². The fourth-order valence-electron chi connectivity index (χ4n) is 3.85. The highest BCUT2D eigenvalue weighted by Crippen LogP contribution is 2.42. The van der Waals surface area contributed by atoms with E-state index < -0.39 is 0 Å². The van der Waals surface area contributed by atoms with Crippen LogP contribution in [0.2, 0.25) is 5.28 Å². The van der Waals surface area contributed by atoms with Gasteiger partial charge in [0.05, 0.1) is 27.2 Å². The van der Waals surface area contributed by atoms with E-state index in [0.29, 0.717) is 28.6 Å². The number of hydrogen-bond acceptors (Lipinski definition) is 6. The zero-order valence-electron chi connectivity index (χ0n) is 18.2. The molecule has 0 aliphatic rings. The molecule has 0 atom stereocenters. The van der Waals surface area contributed by atoms with E-state index in [-0.39, 0.29) is 17.2 Å². The van der Waals surface area contributed by atoms with Crippen molar-refractivity contribution in [3.05, 3.63) is 72.8 Å². The highest BCUT2D eigenvalue weighted by Gasteiger charge is 2.24. The van der Waals surface area contributed by atoms with E-state index in [1.165, 1.54) is 15.9 Å². The second-order valence-corrected chi connectivity index (χ2v) is 11.9. The van der Waals surface area contributed by atoms with Crippen molar-refractivity contribution in [1.29, 1.82) is 0 Å². The van der Waals surface area contributed by atoms with Gasteiger partial charge in [-0.05, 0) is 41.1 Å². The zero-order valence-corrected chi connectivity index (χ0v) is 21.4. The van der Waals surface area contributed by atoms with Crippen molar-refractivity contribution in [1.82, 2.24) is 18.7 Å². The summed E-state index contributed by atoms with van der Waals surface area (Å²) >= 11 is 11.2. The van der Waals surface area contributed by atoms with Gasteiger partial charge in [-0.2, -0.15) is 0 Å². The lowest BCUT2D eigenvalue weighted by molar-refractivity contribution is 0.504. The number of imidazole rings is 1. The lowest BCUT2D eigenvalue weighted by Gasteiger charge is -2.11. The Morgan fingerprint density at radius 3 is 2.64 bits per heavy atom. The van der Waals surface area contributed by atoms with E-state index in [0.717, 1.165) is 25.0 Å². The molecule has 0 aliphatic heterocycles. The van der Waals surface area contributed by atoms with E-state index in [2.05, 4.69) is 18.8 Å². The summed E-state index contributed by atoms with van der Waals surface area (Å²) in [6.45, 7) is 5.14. The molecule has 170 valence electrons. The first-order valence-corrected chi connectivity index (χ1v) is 13.3. The van der Waals surface area contributed by atoms with Gasteiger partial charge in [-0.15, -0.1) is 22.7 Å². The highest BCUT2D eigenvalue weighted by molar-refractivity contribution is 8.01. The Hall–Kier alpha value is -2.33. The predicted molar refractivity (Wildman–Crippen MR) is 138 cm³/mol. The second kappa shape index (κ2) is 8.79. The number of thiophene rings is 2. The Balaban J connectivity index is 1.78. The number of benzene rings is 1. The molecule has 5 rings (SSSR count). The third-order valence-corrected chi connectivity index (χ3v) is 9.16. The second-order valence-electron chi connectivity index (χ2n) is 8.18. The molecule has 0 aliphatic carbocycles. The van der Waals surface area contributed by atoms with Gasteiger partial charge >= 0.3 is 5.69 Å². The topological polar surface area (TPSA) is 61.8 Å². The molecular formula is C23H21ClN4O2S3. The minimum absolute atomic E-state index is 0.259. The Morgan fingerprint density at radius 2 is 1.91 bits per heavy atom. The van der Waals surface area contributed by atoms with Crippen molar-refractivity contribution in [2.24, 2.45) is 13.0 Å². The van der Waals surface area contributed by atoms with Crippen molar-refractivity contribution in [2.75, 3.05) is 0 Å². The summed E-state index contributed by atoms with van der Waals surface area (Å²) in [6.07, 6.45) is 0. The van der Waals surface area contributed by atoms with Gasteiger partial charge in [0.2, 0.25) is 5.28 Å². The molecule has 0 saturated carbocycles. The number of fused-ring (bicyclic) bond motifs is 2. The first-order chi connectivity index (χ1) is 15.8. The largest absolute Gasteiger partial charge is 0.331 e. The number of aromatic nitrogens is 4. The minimum atomic E-state index is -0.284. The number of rotatable bonds is 6. The molecule has 0 radical (unpaired) electrons. The molecule has 6 nitrogen and oxygen atoms in total. The van der Waals surface area contributed by atoms with Crippen LogP contribution < -0.4 is 11.2 Å². The van der Waals surface area contributed by atoms with E-state index in [1.807, 2.05) is 46.3 Å². The average Bonchev–Trinajstić information content (AvgIpc) is 3.49. The molecule has 1 aromatic carbocycles. The van der Waals surface area contributed by atoms with Crippen molar-refractivity contribution >= 4 is 67.3 Å². The normalized spacial score (nSPS) is 11.9. The summed E-state index contributed by atoms with van der Waals surface area (Å²) in [5.41, 5.74) is 1.20. The molecule has 5 aromatic rings. The van der Waals surface area contributed by atoms with Crippen LogP contribution in [-0.4, -0.2) is 18.7 Å². The maximum Gasteiger partial charge on any atom is 0.331 e. The first-order valence-electron chi connectivity index (χ1n) is 10.4. The Bertz CT molecular complexity index is 1590. The lowest BCUT2D eigenvalue weighted by atomic mass is 10.2. The Labute approximate surface area is 207 Å². The third kappa shape index (κ3) is 3.97. The highest BCUT2D eigenvalue weighted by atomic mass is 35.5. The van der Waals surface area contributed by atoms with Crippen LogP contribution in [0.4, 0.5) is 0 Å². The number of nitrogens with zero attached hydrogens (tertiary/aromatic N) is 4. The smallest absolute Gasteiger partial charge is 0.309 e. The standard InChI is InChI=1S/C23H21ClN4O2S3/c1-13(2)11-28-21-18(20(29)26(3)23(28)30)19(33-17-9-6-10-31-17)16(32-21)12-27-15-8-5-4-7-14(15)25-22(27)24/h4-10,13H,11-12H2,1-3H3. The van der Waals surface area contributed by atoms with Crippen molar-refractivity contribution < 1.29 is 0 Å². The van der Waals surface area contributed by atoms with Gasteiger partial charge in [0.1, 0.15) is 4.83 Å². The van der Waals surface area contributed by atoms with Crippen LogP contribution in [0.5, 0.6) is 0 Å². The third-order valence-electron chi connectivity index (χ3n) is 5.35. The number of hydrogen-bond donors (Lipinski definition) is 0. The molecule has 0 spiro atoms. The van der Waals surface area contributed by atoms with Crippen molar-refractivity contribution in [3.63, 3.8) is 0 Å². The van der Waals surface area contributed by atoms with Gasteiger partial charge in [0.15, 0.2) is 0 Å². The molecule has 0 saturated heterocycles. The van der Waals surface area contributed by atoms with Crippen LogP contribution in [-0.2, 0) is 20.1 Å². The van der Waals surface area contributed by atoms with E-state index in [1.54, 1.807) is 34.7 Å². The number of halogens is 1. The maximum absolute atomic E-state index is 13.3. The molecule has 0 amide bonds. The molecule has 33 heavy (non-hydrogen) atoms. The Morgan fingerprint density at radius 1 is 1.12 bits per heavy atom. The minimum Gasteiger partial charge on any atom is -0.309 e. The van der Waals surface area contributed by atoms with Crippen molar-refractivity contribution in [2.45, 2.75) is 36.0 Å². The summed E-state index contributed by atoms with van der Waals surface area (Å²) in [4.78, 5) is 33.4. The molecule has 4 heterocycles. The molecule has 0 N–H and O–H groups in total. The fraction of sp³-hybridized carbons (Fsp3) is 0.261. The van der Waals surface area contributed by atoms with Crippen LogP contribution >= 0.6 is 46.0 Å². The van der Waals surface area contributed by atoms with Gasteiger partial charge < -0.3 is 4.57 Å². The summed E-state index contributed by atoms with van der Waals surface area (Å²) < 4.78 is 6.00. The van der Waals surface area contributed by atoms with Gasteiger partial charge in [0.25, 0.3) is 5.56 Å². The van der Waals surface area contributed by atoms with Crippen LogP contribution in [0.25, 0.3) is 21.3 Å². The van der Waals surface area contributed by atoms with E-state index in [9.17, 15) is 9.59 Å². The molecule has 0 fully saturated rings. The fourth-order valence-corrected chi connectivity index (χ4v) is 7.45. The summed E-state index contributed by atoms with van der Waals surface area (Å²) in [6, 6.07) is 11.8. The molecule has 10 heteroatoms. The maximum atomic E-state index is 13.3. The molecule has 0 unspecified atom stereocenters. The van der Waals surface area contributed by atoms with Crippen LogP contribution in [0.1, 0.15) is 18.7 Å². The lowest BCUT2D eigenvalue weighted by Crippen LogP contribution is -2.38.